The topological polar surface area (TPSA) is 69.6 Å². The highest BCUT2D eigenvalue weighted by molar-refractivity contribution is 5.83. The number of carboxylic acids is 1. The second-order valence-corrected chi connectivity index (χ2v) is 5.54. The molecule has 5 nitrogen and oxygen atoms in total. The number of hydrogen-bond donors (Lipinski definition) is 2. The number of hydrogen-bond acceptors (Lipinski definition) is 2. The molecule has 0 unspecified atom stereocenters. The van der Waals surface area contributed by atoms with Gasteiger partial charge in [0.1, 0.15) is 6.04 Å². The third-order valence-corrected chi connectivity index (χ3v) is 4.13. The number of benzene rings is 1. The van der Waals surface area contributed by atoms with Gasteiger partial charge < -0.3 is 15.3 Å². The second-order valence-electron chi connectivity index (χ2n) is 5.54. The standard InChI is InChI=1S/C16H18N2O3/c19-15(20)14-9-11-5-1-2-6-12(11)10-18(14)16(21)17-13-7-3-4-8-13/h1-6,13-14H,7-10H2,(H,17,21)(H,19,20)/t14-/m0/s1. The molecule has 1 aliphatic carbocycles. The monoisotopic (exact) mass is 286 g/mol. The van der Waals surface area contributed by atoms with Gasteiger partial charge in [-0.1, -0.05) is 36.4 Å². The number of urea groups is 1. The molecule has 21 heavy (non-hydrogen) atoms. The SMILES string of the molecule is O=C(O)[C@@H]1Cc2ccccc2CN1C(=O)NC1CC=CC1. The van der Waals surface area contributed by atoms with Gasteiger partial charge in [0.2, 0.25) is 0 Å². The van der Waals surface area contributed by atoms with Crippen molar-refractivity contribution in [1.29, 1.82) is 0 Å². The summed E-state index contributed by atoms with van der Waals surface area (Å²) in [7, 11) is 0. The largest absolute Gasteiger partial charge is 0.480 e. The number of carboxylic acid groups (broad SMARTS) is 1. The lowest BCUT2D eigenvalue weighted by atomic mass is 9.94. The van der Waals surface area contributed by atoms with E-state index in [4.69, 9.17) is 0 Å². The van der Waals surface area contributed by atoms with Gasteiger partial charge >= 0.3 is 12.0 Å². The molecule has 2 amide bonds. The third kappa shape index (κ3) is 2.77. The highest BCUT2D eigenvalue weighted by Gasteiger charge is 2.35. The zero-order valence-electron chi connectivity index (χ0n) is 11.7. The van der Waals surface area contributed by atoms with Crippen molar-refractivity contribution in [1.82, 2.24) is 10.2 Å². The van der Waals surface area contributed by atoms with Crippen LogP contribution in [0.5, 0.6) is 0 Å². The highest BCUT2D eigenvalue weighted by Crippen LogP contribution is 2.24. The Morgan fingerprint density at radius 2 is 1.81 bits per heavy atom. The number of carbonyl (C=O) groups excluding carboxylic acids is 1. The molecule has 0 saturated heterocycles. The van der Waals surface area contributed by atoms with E-state index in [0.717, 1.165) is 24.0 Å². The van der Waals surface area contributed by atoms with E-state index >= 15 is 0 Å². The predicted octanol–water partition coefficient (Wildman–Crippen LogP) is 1.93. The van der Waals surface area contributed by atoms with Crippen molar-refractivity contribution in [3.63, 3.8) is 0 Å². The summed E-state index contributed by atoms with van der Waals surface area (Å²) < 4.78 is 0. The molecule has 0 aromatic heterocycles. The Balaban J connectivity index is 1.78. The number of nitrogens with zero attached hydrogens (tertiary/aromatic N) is 1. The van der Waals surface area contributed by atoms with Crippen molar-refractivity contribution in [2.75, 3.05) is 0 Å². The molecule has 110 valence electrons. The van der Waals surface area contributed by atoms with E-state index in [1.54, 1.807) is 0 Å². The van der Waals surface area contributed by atoms with Crippen molar-refractivity contribution in [3.05, 3.63) is 47.5 Å². The summed E-state index contributed by atoms with van der Waals surface area (Å²) in [6, 6.07) is 6.70. The van der Waals surface area contributed by atoms with Crippen LogP contribution in [0.4, 0.5) is 4.79 Å². The Hall–Kier alpha value is -2.30. The summed E-state index contributed by atoms with van der Waals surface area (Å²) >= 11 is 0. The molecule has 1 aromatic rings. The molecule has 3 rings (SSSR count). The fourth-order valence-corrected chi connectivity index (χ4v) is 2.95. The second kappa shape index (κ2) is 5.60. The van der Waals surface area contributed by atoms with Crippen LogP contribution in [0.1, 0.15) is 24.0 Å². The Bertz CT molecular complexity index is 589. The smallest absolute Gasteiger partial charge is 0.326 e. The summed E-state index contributed by atoms with van der Waals surface area (Å²) in [6.45, 7) is 0.346. The van der Waals surface area contributed by atoms with E-state index in [1.165, 1.54) is 4.90 Å². The van der Waals surface area contributed by atoms with Gasteiger partial charge in [0.25, 0.3) is 0 Å². The van der Waals surface area contributed by atoms with E-state index in [0.29, 0.717) is 13.0 Å². The maximum Gasteiger partial charge on any atom is 0.326 e. The predicted molar refractivity (Wildman–Crippen MR) is 77.8 cm³/mol. The molecule has 0 fully saturated rings. The Labute approximate surface area is 123 Å². The van der Waals surface area contributed by atoms with E-state index in [2.05, 4.69) is 5.32 Å². The molecule has 5 heteroatoms. The summed E-state index contributed by atoms with van der Waals surface area (Å²) in [5, 5.41) is 12.3. The molecule has 0 bridgehead atoms. The molecule has 0 saturated carbocycles. The van der Waals surface area contributed by atoms with Crippen molar-refractivity contribution in [2.24, 2.45) is 0 Å². The van der Waals surface area contributed by atoms with Crippen LogP contribution in [0, 0.1) is 0 Å². The lowest BCUT2D eigenvalue weighted by Gasteiger charge is -2.35. The molecule has 2 aliphatic rings. The normalized spacial score (nSPS) is 21.1. The molecule has 1 aromatic carbocycles. The first-order valence-corrected chi connectivity index (χ1v) is 7.17. The Morgan fingerprint density at radius 3 is 2.48 bits per heavy atom. The minimum atomic E-state index is -0.954. The molecule has 2 N–H and O–H groups in total. The first-order valence-electron chi connectivity index (χ1n) is 7.17. The van der Waals surface area contributed by atoms with Gasteiger partial charge in [-0.25, -0.2) is 9.59 Å². The molecular weight excluding hydrogens is 268 g/mol. The summed E-state index contributed by atoms with van der Waals surface area (Å²) in [5.74, 6) is -0.954. The summed E-state index contributed by atoms with van der Waals surface area (Å²) in [6.07, 6.45) is 6.06. The van der Waals surface area contributed by atoms with Crippen LogP contribution < -0.4 is 5.32 Å². The number of rotatable bonds is 2. The van der Waals surface area contributed by atoms with Gasteiger partial charge in [-0.3, -0.25) is 0 Å². The lowest BCUT2D eigenvalue weighted by molar-refractivity contribution is -0.142. The minimum Gasteiger partial charge on any atom is -0.480 e. The first kappa shape index (κ1) is 13.7. The maximum absolute atomic E-state index is 12.4. The minimum absolute atomic E-state index is 0.0871. The Kier molecular flexibility index (Phi) is 3.64. The Morgan fingerprint density at radius 1 is 1.14 bits per heavy atom. The zero-order valence-corrected chi connectivity index (χ0v) is 11.7. The fraction of sp³-hybridized carbons (Fsp3) is 0.375. The molecular formula is C16H18N2O3. The van der Waals surface area contributed by atoms with Crippen LogP contribution in [-0.4, -0.2) is 34.1 Å². The van der Waals surface area contributed by atoms with Gasteiger partial charge in [-0.05, 0) is 24.0 Å². The van der Waals surface area contributed by atoms with Crippen LogP contribution >= 0.6 is 0 Å². The average Bonchev–Trinajstić information content (AvgIpc) is 2.98. The van der Waals surface area contributed by atoms with Gasteiger partial charge in [0.05, 0.1) is 0 Å². The lowest BCUT2D eigenvalue weighted by Crippen LogP contribution is -2.53. The molecule has 0 radical (unpaired) electrons. The van der Waals surface area contributed by atoms with Crippen LogP contribution in [0.25, 0.3) is 0 Å². The van der Waals surface area contributed by atoms with Gasteiger partial charge in [-0.2, -0.15) is 0 Å². The van der Waals surface area contributed by atoms with Crippen LogP contribution in [-0.2, 0) is 17.8 Å². The van der Waals surface area contributed by atoms with Crippen LogP contribution in [0.2, 0.25) is 0 Å². The van der Waals surface area contributed by atoms with E-state index in [1.807, 2.05) is 36.4 Å². The quantitative estimate of drug-likeness (QED) is 0.816. The van der Waals surface area contributed by atoms with Gasteiger partial charge in [0, 0.05) is 19.0 Å². The fourth-order valence-electron chi connectivity index (χ4n) is 2.95. The number of nitrogens with one attached hydrogen (secondary N) is 1. The molecule has 1 heterocycles. The van der Waals surface area contributed by atoms with Crippen molar-refractivity contribution in [2.45, 2.75) is 37.9 Å². The summed E-state index contributed by atoms with van der Waals surface area (Å²) in [5.41, 5.74) is 2.03. The van der Waals surface area contributed by atoms with Crippen molar-refractivity contribution < 1.29 is 14.7 Å². The average molecular weight is 286 g/mol. The molecule has 0 spiro atoms. The van der Waals surface area contributed by atoms with Crippen molar-refractivity contribution in [3.8, 4) is 0 Å². The number of carbonyl (C=O) groups is 2. The number of amides is 2. The highest BCUT2D eigenvalue weighted by atomic mass is 16.4. The maximum atomic E-state index is 12.4. The van der Waals surface area contributed by atoms with E-state index < -0.39 is 12.0 Å². The van der Waals surface area contributed by atoms with Crippen molar-refractivity contribution >= 4 is 12.0 Å². The van der Waals surface area contributed by atoms with Gasteiger partial charge in [-0.15, -0.1) is 0 Å². The van der Waals surface area contributed by atoms with Gasteiger partial charge in [0.15, 0.2) is 0 Å². The van der Waals surface area contributed by atoms with E-state index in [-0.39, 0.29) is 12.1 Å². The third-order valence-electron chi connectivity index (χ3n) is 4.13. The molecule has 1 atom stereocenters. The number of aliphatic carboxylic acids is 1. The zero-order chi connectivity index (χ0) is 14.8. The first-order chi connectivity index (χ1) is 10.1. The number of fused-ring (bicyclic) bond motifs is 1. The van der Waals surface area contributed by atoms with Crippen LogP contribution in [0.15, 0.2) is 36.4 Å². The summed E-state index contributed by atoms with van der Waals surface area (Å²) in [4.78, 5) is 25.3. The molecule has 1 aliphatic heterocycles. The van der Waals surface area contributed by atoms with Crippen LogP contribution in [0.3, 0.4) is 0 Å². The van der Waals surface area contributed by atoms with E-state index in [9.17, 15) is 14.7 Å².